The van der Waals surface area contributed by atoms with Crippen LogP contribution in [0.1, 0.15) is 44.5 Å². The standard InChI is InChI=1S/C18H24N2O3S/c1-18(2,17(22)23)11-12-19-15(21)9-5-6-10-16-20-13-7-3-4-8-14(13)24-16/h3-4,7-8H,5-6,9-12H2,1-2H3,(H,19,21)(H,22,23). The summed E-state index contributed by atoms with van der Waals surface area (Å²) in [6.45, 7) is 3.73. The van der Waals surface area contributed by atoms with Crippen LogP contribution in [0.5, 0.6) is 0 Å². The molecular formula is C18H24N2O3S. The zero-order chi connectivity index (χ0) is 17.6. The average Bonchev–Trinajstić information content (AvgIpc) is 2.94. The van der Waals surface area contributed by atoms with Crippen molar-refractivity contribution >= 4 is 33.4 Å². The molecule has 5 nitrogen and oxygen atoms in total. The number of carboxylic acid groups (broad SMARTS) is 1. The third kappa shape index (κ3) is 5.30. The molecule has 0 saturated carbocycles. The monoisotopic (exact) mass is 348 g/mol. The lowest BCUT2D eigenvalue weighted by Gasteiger charge is -2.18. The number of benzene rings is 1. The van der Waals surface area contributed by atoms with Gasteiger partial charge in [0.1, 0.15) is 0 Å². The van der Waals surface area contributed by atoms with Crippen molar-refractivity contribution < 1.29 is 14.7 Å². The summed E-state index contributed by atoms with van der Waals surface area (Å²) in [4.78, 5) is 27.4. The van der Waals surface area contributed by atoms with Crippen molar-refractivity contribution in [3.8, 4) is 0 Å². The molecule has 0 radical (unpaired) electrons. The number of aliphatic carboxylic acids is 1. The molecule has 0 aliphatic rings. The first-order valence-corrected chi connectivity index (χ1v) is 9.05. The van der Waals surface area contributed by atoms with E-state index in [-0.39, 0.29) is 5.91 Å². The molecule has 1 aromatic carbocycles. The molecule has 0 spiro atoms. The van der Waals surface area contributed by atoms with Crippen LogP contribution in [0.3, 0.4) is 0 Å². The highest BCUT2D eigenvalue weighted by atomic mass is 32.1. The highest BCUT2D eigenvalue weighted by Crippen LogP contribution is 2.23. The molecule has 0 saturated heterocycles. The Bertz CT molecular complexity index is 676. The summed E-state index contributed by atoms with van der Waals surface area (Å²) in [6, 6.07) is 8.09. The Morgan fingerprint density at radius 2 is 2.00 bits per heavy atom. The number of thiazole rings is 1. The number of carbonyl (C=O) groups is 2. The Hall–Kier alpha value is -1.95. The van der Waals surface area contributed by atoms with Crippen molar-refractivity contribution in [1.29, 1.82) is 0 Å². The van der Waals surface area contributed by atoms with Crippen molar-refractivity contribution in [2.75, 3.05) is 6.54 Å². The quantitative estimate of drug-likeness (QED) is 0.678. The molecule has 0 atom stereocenters. The molecule has 0 aliphatic heterocycles. The average molecular weight is 348 g/mol. The zero-order valence-corrected chi connectivity index (χ0v) is 15.0. The molecule has 24 heavy (non-hydrogen) atoms. The van der Waals surface area contributed by atoms with Crippen molar-refractivity contribution in [3.63, 3.8) is 0 Å². The van der Waals surface area contributed by atoms with Gasteiger partial charge in [0.15, 0.2) is 0 Å². The summed E-state index contributed by atoms with van der Waals surface area (Å²) in [5.74, 6) is -0.854. The zero-order valence-electron chi connectivity index (χ0n) is 14.2. The van der Waals surface area contributed by atoms with Gasteiger partial charge in [-0.25, -0.2) is 4.98 Å². The highest BCUT2D eigenvalue weighted by Gasteiger charge is 2.26. The molecule has 2 aromatic rings. The van der Waals surface area contributed by atoms with Crippen LogP contribution >= 0.6 is 11.3 Å². The van der Waals surface area contributed by atoms with Crippen LogP contribution in [-0.2, 0) is 16.0 Å². The SMILES string of the molecule is CC(C)(CCNC(=O)CCCCc1nc2ccccc2s1)C(=O)O. The molecule has 130 valence electrons. The van der Waals surface area contributed by atoms with Gasteiger partial charge in [-0.15, -0.1) is 11.3 Å². The summed E-state index contributed by atoms with van der Waals surface area (Å²) in [5, 5.41) is 12.9. The Kier molecular flexibility index (Phi) is 6.31. The Morgan fingerprint density at radius 1 is 1.25 bits per heavy atom. The third-order valence-electron chi connectivity index (χ3n) is 4.03. The van der Waals surface area contributed by atoms with E-state index in [1.807, 2.05) is 18.2 Å². The number of fused-ring (bicyclic) bond motifs is 1. The first kappa shape index (κ1) is 18.4. The van der Waals surface area contributed by atoms with E-state index in [0.29, 0.717) is 19.4 Å². The summed E-state index contributed by atoms with van der Waals surface area (Å²) in [5.41, 5.74) is 0.233. The lowest BCUT2D eigenvalue weighted by atomic mass is 9.90. The van der Waals surface area contributed by atoms with E-state index in [0.717, 1.165) is 29.8 Å². The number of rotatable bonds is 9. The number of hydrogen-bond donors (Lipinski definition) is 2. The van der Waals surface area contributed by atoms with Gasteiger partial charge in [-0.3, -0.25) is 9.59 Å². The molecule has 0 aliphatic carbocycles. The lowest BCUT2D eigenvalue weighted by molar-refractivity contribution is -0.147. The fourth-order valence-electron chi connectivity index (χ4n) is 2.30. The van der Waals surface area contributed by atoms with E-state index in [2.05, 4.69) is 16.4 Å². The predicted octanol–water partition coefficient (Wildman–Crippen LogP) is 3.63. The minimum absolute atomic E-state index is 0.0134. The number of aromatic nitrogens is 1. The number of para-hydroxylation sites is 1. The first-order chi connectivity index (χ1) is 11.4. The number of nitrogens with one attached hydrogen (secondary N) is 1. The summed E-state index contributed by atoms with van der Waals surface area (Å²) in [7, 11) is 0. The molecule has 1 heterocycles. The van der Waals surface area contributed by atoms with Crippen LogP contribution in [0, 0.1) is 5.41 Å². The highest BCUT2D eigenvalue weighted by molar-refractivity contribution is 7.18. The normalized spacial score (nSPS) is 11.6. The second kappa shape index (κ2) is 8.24. The van der Waals surface area contributed by atoms with Crippen LogP contribution in [-0.4, -0.2) is 28.5 Å². The predicted molar refractivity (Wildman–Crippen MR) is 96.2 cm³/mol. The minimum Gasteiger partial charge on any atom is -0.481 e. The number of unbranched alkanes of at least 4 members (excludes halogenated alkanes) is 1. The lowest BCUT2D eigenvalue weighted by Crippen LogP contribution is -2.31. The number of aryl methyl sites for hydroxylation is 1. The Labute approximate surface area is 146 Å². The van der Waals surface area contributed by atoms with Crippen LogP contribution in [0.15, 0.2) is 24.3 Å². The smallest absolute Gasteiger partial charge is 0.309 e. The van der Waals surface area contributed by atoms with Crippen LogP contribution < -0.4 is 5.32 Å². The second-order valence-corrected chi connectivity index (χ2v) is 7.69. The minimum atomic E-state index is -0.840. The van der Waals surface area contributed by atoms with E-state index in [1.54, 1.807) is 25.2 Å². The van der Waals surface area contributed by atoms with Gasteiger partial charge in [0.25, 0.3) is 0 Å². The molecular weight excluding hydrogens is 324 g/mol. The molecule has 1 amide bonds. The van der Waals surface area contributed by atoms with Crippen LogP contribution in [0.25, 0.3) is 10.2 Å². The third-order valence-corrected chi connectivity index (χ3v) is 5.13. The summed E-state index contributed by atoms with van der Waals surface area (Å²) < 4.78 is 1.20. The molecule has 2 rings (SSSR count). The molecule has 0 fully saturated rings. The second-order valence-electron chi connectivity index (χ2n) is 6.57. The van der Waals surface area contributed by atoms with Gasteiger partial charge < -0.3 is 10.4 Å². The summed E-state index contributed by atoms with van der Waals surface area (Å²) in [6.07, 6.45) is 3.52. The number of carboxylic acids is 1. The van der Waals surface area contributed by atoms with E-state index in [9.17, 15) is 9.59 Å². The van der Waals surface area contributed by atoms with E-state index >= 15 is 0 Å². The maximum Gasteiger partial charge on any atom is 0.309 e. The molecule has 1 aromatic heterocycles. The first-order valence-electron chi connectivity index (χ1n) is 8.23. The maximum absolute atomic E-state index is 11.8. The van der Waals surface area contributed by atoms with Gasteiger partial charge in [-0.05, 0) is 51.7 Å². The van der Waals surface area contributed by atoms with E-state index < -0.39 is 11.4 Å². The molecule has 6 heteroatoms. The maximum atomic E-state index is 11.8. The van der Waals surface area contributed by atoms with Gasteiger partial charge in [-0.2, -0.15) is 0 Å². The number of hydrogen-bond acceptors (Lipinski definition) is 4. The molecule has 0 unspecified atom stereocenters. The number of nitrogens with zero attached hydrogens (tertiary/aromatic N) is 1. The van der Waals surface area contributed by atoms with Crippen LogP contribution in [0.2, 0.25) is 0 Å². The van der Waals surface area contributed by atoms with Crippen molar-refractivity contribution in [2.45, 2.75) is 46.0 Å². The van der Waals surface area contributed by atoms with E-state index in [4.69, 9.17) is 5.11 Å². The van der Waals surface area contributed by atoms with Crippen molar-refractivity contribution in [2.24, 2.45) is 5.41 Å². The van der Waals surface area contributed by atoms with Gasteiger partial charge in [0, 0.05) is 13.0 Å². The van der Waals surface area contributed by atoms with E-state index in [1.165, 1.54) is 4.70 Å². The number of carbonyl (C=O) groups excluding carboxylic acids is 1. The Morgan fingerprint density at radius 3 is 2.71 bits per heavy atom. The summed E-state index contributed by atoms with van der Waals surface area (Å²) >= 11 is 1.71. The van der Waals surface area contributed by atoms with Crippen molar-refractivity contribution in [1.82, 2.24) is 10.3 Å². The fourth-order valence-corrected chi connectivity index (χ4v) is 3.31. The number of amides is 1. The fraction of sp³-hybridized carbons (Fsp3) is 0.500. The van der Waals surface area contributed by atoms with Gasteiger partial charge in [-0.1, -0.05) is 12.1 Å². The van der Waals surface area contributed by atoms with Gasteiger partial charge in [0.05, 0.1) is 20.6 Å². The van der Waals surface area contributed by atoms with Crippen molar-refractivity contribution in [3.05, 3.63) is 29.3 Å². The van der Waals surface area contributed by atoms with Crippen LogP contribution in [0.4, 0.5) is 0 Å². The molecule has 0 bridgehead atoms. The molecule has 2 N–H and O–H groups in total. The van der Waals surface area contributed by atoms with Gasteiger partial charge >= 0.3 is 5.97 Å². The van der Waals surface area contributed by atoms with Gasteiger partial charge in [0.2, 0.25) is 5.91 Å². The Balaban J connectivity index is 1.63. The topological polar surface area (TPSA) is 79.3 Å². The largest absolute Gasteiger partial charge is 0.481 e.